The molecule has 2 aromatic rings. The number of rotatable bonds is 5. The van der Waals surface area contributed by atoms with Crippen LogP contribution in [0.25, 0.3) is 0 Å². The average molecular weight is 423 g/mol. The topological polar surface area (TPSA) is 84.9 Å². The van der Waals surface area contributed by atoms with E-state index in [1.807, 2.05) is 0 Å². The van der Waals surface area contributed by atoms with Gasteiger partial charge in [0.2, 0.25) is 15.9 Å². The van der Waals surface area contributed by atoms with E-state index in [-0.39, 0.29) is 12.5 Å². The smallest absolute Gasteiger partial charge is 0.250 e. The minimum Gasteiger partial charge on any atom is -0.493 e. The summed E-state index contributed by atoms with van der Waals surface area (Å²) >= 11 is 5.89. The standard InChI is InChI=1S/C19H19ClN2O5S/c1-26-16-8-5-14(9-17(16)27-2)21-18(23)19-10-12(19)11-22(28(19,24)25)15-6-3-13(20)4-7-15/h3-9,12H,10-11H2,1-2H3,(H,21,23). The highest BCUT2D eigenvalue weighted by Crippen LogP contribution is 2.58. The van der Waals surface area contributed by atoms with E-state index in [9.17, 15) is 13.2 Å². The molecule has 2 atom stereocenters. The molecule has 1 saturated carbocycles. The molecule has 4 rings (SSSR count). The van der Waals surface area contributed by atoms with Crippen molar-refractivity contribution in [1.82, 2.24) is 0 Å². The molecule has 1 aliphatic carbocycles. The lowest BCUT2D eigenvalue weighted by Gasteiger charge is -2.23. The van der Waals surface area contributed by atoms with Crippen LogP contribution in [0, 0.1) is 5.92 Å². The van der Waals surface area contributed by atoms with E-state index in [4.69, 9.17) is 21.1 Å². The van der Waals surface area contributed by atoms with Gasteiger partial charge in [-0.3, -0.25) is 9.10 Å². The zero-order chi connectivity index (χ0) is 20.1. The Morgan fingerprint density at radius 3 is 2.46 bits per heavy atom. The molecule has 1 heterocycles. The molecule has 1 amide bonds. The predicted molar refractivity (Wildman–Crippen MR) is 107 cm³/mol. The maximum atomic E-state index is 13.2. The van der Waals surface area contributed by atoms with Gasteiger partial charge < -0.3 is 14.8 Å². The summed E-state index contributed by atoms with van der Waals surface area (Å²) in [5, 5.41) is 3.25. The second kappa shape index (κ2) is 6.56. The second-order valence-corrected chi connectivity index (χ2v) is 9.38. The van der Waals surface area contributed by atoms with Crippen molar-refractivity contribution in [3.05, 3.63) is 47.5 Å². The third kappa shape index (κ3) is 2.70. The molecule has 148 valence electrons. The number of sulfonamides is 1. The van der Waals surface area contributed by atoms with Crippen LogP contribution in [0.2, 0.25) is 5.02 Å². The van der Waals surface area contributed by atoms with Crippen molar-refractivity contribution in [2.24, 2.45) is 5.92 Å². The minimum atomic E-state index is -3.84. The molecule has 28 heavy (non-hydrogen) atoms. The number of anilines is 2. The van der Waals surface area contributed by atoms with E-state index < -0.39 is 20.7 Å². The number of nitrogens with zero attached hydrogens (tertiary/aromatic N) is 1. The van der Waals surface area contributed by atoms with Crippen molar-refractivity contribution < 1.29 is 22.7 Å². The number of hydrogen-bond donors (Lipinski definition) is 1. The molecule has 2 aromatic carbocycles. The fourth-order valence-electron chi connectivity index (χ4n) is 3.73. The molecule has 0 aromatic heterocycles. The van der Waals surface area contributed by atoms with E-state index in [2.05, 4.69) is 5.32 Å². The highest BCUT2D eigenvalue weighted by Gasteiger charge is 2.75. The number of methoxy groups -OCH3 is 2. The van der Waals surface area contributed by atoms with Crippen LogP contribution in [-0.2, 0) is 14.8 Å². The summed E-state index contributed by atoms with van der Waals surface area (Å²) in [4.78, 5) is 13.0. The van der Waals surface area contributed by atoms with Crippen LogP contribution in [0.3, 0.4) is 0 Å². The van der Waals surface area contributed by atoms with Crippen molar-refractivity contribution >= 4 is 38.9 Å². The maximum absolute atomic E-state index is 13.2. The summed E-state index contributed by atoms with van der Waals surface area (Å²) < 4.78 is 36.6. The predicted octanol–water partition coefficient (Wildman–Crippen LogP) is 2.90. The van der Waals surface area contributed by atoms with Crippen LogP contribution >= 0.6 is 11.6 Å². The fourth-order valence-corrected chi connectivity index (χ4v) is 6.22. The molecule has 7 nitrogen and oxygen atoms in total. The maximum Gasteiger partial charge on any atom is 0.250 e. The molecule has 0 spiro atoms. The number of amides is 1. The van der Waals surface area contributed by atoms with Gasteiger partial charge in [0, 0.05) is 29.2 Å². The Kier molecular flexibility index (Phi) is 4.43. The fraction of sp³-hybridized carbons (Fsp3) is 0.316. The number of carbonyl (C=O) groups is 1. The van der Waals surface area contributed by atoms with E-state index in [0.717, 1.165) is 0 Å². The quantitative estimate of drug-likeness (QED) is 0.800. The van der Waals surface area contributed by atoms with Gasteiger partial charge in [0.25, 0.3) is 0 Å². The number of hydrogen-bond acceptors (Lipinski definition) is 5. The lowest BCUT2D eigenvalue weighted by Crippen LogP contribution is -2.42. The minimum absolute atomic E-state index is 0.242. The lowest BCUT2D eigenvalue weighted by molar-refractivity contribution is -0.116. The first-order chi connectivity index (χ1) is 13.3. The Hall–Kier alpha value is -2.45. The van der Waals surface area contributed by atoms with Gasteiger partial charge in [-0.15, -0.1) is 0 Å². The summed E-state index contributed by atoms with van der Waals surface area (Å²) in [5.41, 5.74) is 0.956. The monoisotopic (exact) mass is 422 g/mol. The van der Waals surface area contributed by atoms with Crippen LogP contribution in [0.15, 0.2) is 42.5 Å². The van der Waals surface area contributed by atoms with Crippen LogP contribution in [0.4, 0.5) is 11.4 Å². The molecule has 2 unspecified atom stereocenters. The summed E-state index contributed by atoms with van der Waals surface area (Å²) in [5.74, 6) is 0.196. The van der Waals surface area contributed by atoms with Crippen LogP contribution in [0.5, 0.6) is 11.5 Å². The van der Waals surface area contributed by atoms with Crippen LogP contribution in [0.1, 0.15) is 6.42 Å². The lowest BCUT2D eigenvalue weighted by atomic mass is 10.2. The van der Waals surface area contributed by atoms with Crippen LogP contribution in [-0.4, -0.2) is 39.8 Å². The van der Waals surface area contributed by atoms with E-state index in [0.29, 0.717) is 34.3 Å². The molecule has 1 aliphatic heterocycles. The third-order valence-corrected chi connectivity index (χ3v) is 8.12. The van der Waals surface area contributed by atoms with Gasteiger partial charge in [0.05, 0.1) is 19.9 Å². The van der Waals surface area contributed by atoms with E-state index >= 15 is 0 Å². The second-order valence-electron chi connectivity index (χ2n) is 6.83. The highest BCUT2D eigenvalue weighted by molar-refractivity contribution is 7.95. The first-order valence-corrected chi connectivity index (χ1v) is 10.5. The number of ether oxygens (including phenoxy) is 2. The molecular formula is C19H19ClN2O5S. The Morgan fingerprint density at radius 1 is 1.14 bits per heavy atom. The van der Waals surface area contributed by atoms with Crippen molar-refractivity contribution in [2.75, 3.05) is 30.4 Å². The zero-order valence-corrected chi connectivity index (χ0v) is 16.9. The van der Waals surface area contributed by atoms with Crippen LogP contribution < -0.4 is 19.1 Å². The Balaban J connectivity index is 1.59. The SMILES string of the molecule is COc1ccc(NC(=O)C23CC2CN(c2ccc(Cl)cc2)S3(=O)=O)cc1OC. The first-order valence-electron chi connectivity index (χ1n) is 8.65. The normalized spacial score (nSPS) is 24.4. The van der Waals surface area contributed by atoms with Gasteiger partial charge in [0.1, 0.15) is 0 Å². The zero-order valence-electron chi connectivity index (χ0n) is 15.3. The van der Waals surface area contributed by atoms with Gasteiger partial charge >= 0.3 is 0 Å². The van der Waals surface area contributed by atoms with Gasteiger partial charge in [-0.05, 0) is 42.8 Å². The summed E-state index contributed by atoms with van der Waals surface area (Å²) in [7, 11) is -0.840. The summed E-state index contributed by atoms with van der Waals surface area (Å²) in [6, 6.07) is 11.4. The number of carbonyl (C=O) groups excluding carboxylic acids is 1. The first kappa shape index (κ1) is 18.9. The van der Waals surface area contributed by atoms with Gasteiger partial charge in [-0.2, -0.15) is 0 Å². The molecule has 2 aliphatic rings. The van der Waals surface area contributed by atoms with E-state index in [1.165, 1.54) is 18.5 Å². The average Bonchev–Trinajstić information content (AvgIpc) is 3.38. The van der Waals surface area contributed by atoms with Crippen molar-refractivity contribution in [3.8, 4) is 11.5 Å². The van der Waals surface area contributed by atoms with E-state index in [1.54, 1.807) is 42.5 Å². The molecule has 1 saturated heterocycles. The number of benzene rings is 2. The van der Waals surface area contributed by atoms with Gasteiger partial charge in [-0.25, -0.2) is 8.42 Å². The Bertz CT molecular complexity index is 1040. The molecule has 1 N–H and O–H groups in total. The summed E-state index contributed by atoms with van der Waals surface area (Å²) in [6.45, 7) is 0.281. The molecule has 9 heteroatoms. The molecule has 2 fully saturated rings. The number of fused-ring (bicyclic) bond motifs is 1. The molecule has 0 radical (unpaired) electrons. The molecule has 0 bridgehead atoms. The Morgan fingerprint density at radius 2 is 1.82 bits per heavy atom. The van der Waals surface area contributed by atoms with Crippen molar-refractivity contribution in [2.45, 2.75) is 11.2 Å². The van der Waals surface area contributed by atoms with Gasteiger partial charge in [-0.1, -0.05) is 11.6 Å². The third-order valence-electron chi connectivity index (χ3n) is 5.33. The number of halogens is 1. The molecular weight excluding hydrogens is 404 g/mol. The summed E-state index contributed by atoms with van der Waals surface area (Å²) in [6.07, 6.45) is 0.318. The van der Waals surface area contributed by atoms with Gasteiger partial charge in [0.15, 0.2) is 16.2 Å². The van der Waals surface area contributed by atoms with Crippen molar-refractivity contribution in [3.63, 3.8) is 0 Å². The Labute approximate surface area is 168 Å². The largest absolute Gasteiger partial charge is 0.493 e. The number of nitrogens with one attached hydrogen (secondary N) is 1. The van der Waals surface area contributed by atoms with Crippen molar-refractivity contribution in [1.29, 1.82) is 0 Å². The highest BCUT2D eigenvalue weighted by atomic mass is 35.5.